The molecule has 0 radical (unpaired) electrons. The van der Waals surface area contributed by atoms with Crippen LogP contribution in [0.1, 0.15) is 23.7 Å². The molecule has 1 saturated heterocycles. The fourth-order valence-electron chi connectivity index (χ4n) is 2.90. The number of rotatable bonds is 5. The van der Waals surface area contributed by atoms with E-state index in [9.17, 15) is 10.2 Å². The summed E-state index contributed by atoms with van der Waals surface area (Å²) in [5.74, 6) is 0. The molecule has 0 saturated carbocycles. The number of hydrogen-bond acceptors (Lipinski definition) is 5. The molecule has 0 spiro atoms. The van der Waals surface area contributed by atoms with Crippen molar-refractivity contribution in [3.63, 3.8) is 0 Å². The Morgan fingerprint density at radius 3 is 2.62 bits per heavy atom. The number of aliphatic hydroxyl groups excluding tert-OH is 2. The van der Waals surface area contributed by atoms with Crippen LogP contribution in [0.15, 0.2) is 24.3 Å². The van der Waals surface area contributed by atoms with Crippen LogP contribution in [0.4, 0.5) is 0 Å². The van der Waals surface area contributed by atoms with Crippen molar-refractivity contribution >= 4 is 0 Å². The van der Waals surface area contributed by atoms with Crippen LogP contribution in [0.3, 0.4) is 0 Å². The topological polar surface area (TPSA) is 70.7 Å². The zero-order chi connectivity index (χ0) is 15.4. The average molecular weight is 289 g/mol. The van der Waals surface area contributed by atoms with E-state index in [4.69, 9.17) is 5.26 Å². The van der Waals surface area contributed by atoms with E-state index in [0.29, 0.717) is 18.7 Å². The zero-order valence-corrected chi connectivity index (χ0v) is 12.6. The van der Waals surface area contributed by atoms with E-state index in [2.05, 4.69) is 15.9 Å². The highest BCUT2D eigenvalue weighted by Crippen LogP contribution is 2.23. The number of benzene rings is 1. The van der Waals surface area contributed by atoms with Crippen molar-refractivity contribution in [2.45, 2.75) is 24.7 Å². The highest BCUT2D eigenvalue weighted by Gasteiger charge is 2.32. The Morgan fingerprint density at radius 1 is 1.38 bits per heavy atom. The van der Waals surface area contributed by atoms with Gasteiger partial charge in [0, 0.05) is 25.7 Å². The molecule has 1 heterocycles. The third-order valence-corrected chi connectivity index (χ3v) is 3.91. The summed E-state index contributed by atoms with van der Waals surface area (Å²) in [6.07, 6.45) is -0.172. The molecule has 1 aliphatic rings. The van der Waals surface area contributed by atoms with Crippen molar-refractivity contribution in [1.29, 1.82) is 5.26 Å². The lowest BCUT2D eigenvalue weighted by Crippen LogP contribution is -2.39. The maximum absolute atomic E-state index is 10.4. The Hall–Kier alpha value is -1.45. The van der Waals surface area contributed by atoms with Crippen LogP contribution >= 0.6 is 0 Å². The molecule has 5 nitrogen and oxygen atoms in total. The molecule has 1 fully saturated rings. The molecule has 0 aliphatic carbocycles. The zero-order valence-electron chi connectivity index (χ0n) is 12.6. The van der Waals surface area contributed by atoms with E-state index in [1.165, 1.54) is 0 Å². The van der Waals surface area contributed by atoms with Gasteiger partial charge in [-0.1, -0.05) is 12.1 Å². The van der Waals surface area contributed by atoms with Gasteiger partial charge in [0.15, 0.2) is 0 Å². The summed E-state index contributed by atoms with van der Waals surface area (Å²) in [7, 11) is 4.03. The molecule has 2 N–H and O–H groups in total. The predicted molar refractivity (Wildman–Crippen MR) is 80.7 cm³/mol. The predicted octanol–water partition coefficient (Wildman–Crippen LogP) is 0.588. The van der Waals surface area contributed by atoms with Crippen LogP contribution in [0.5, 0.6) is 0 Å². The number of nitrogens with zero attached hydrogens (tertiary/aromatic N) is 3. The van der Waals surface area contributed by atoms with Gasteiger partial charge < -0.3 is 15.1 Å². The molecular formula is C16H23N3O2. The largest absolute Gasteiger partial charge is 0.392 e. The van der Waals surface area contributed by atoms with E-state index in [1.807, 2.05) is 14.1 Å². The molecule has 21 heavy (non-hydrogen) atoms. The van der Waals surface area contributed by atoms with Crippen LogP contribution in [0.25, 0.3) is 0 Å². The third kappa shape index (κ3) is 4.26. The molecule has 3 atom stereocenters. The van der Waals surface area contributed by atoms with E-state index < -0.39 is 6.10 Å². The number of β-amino-alcohol motifs (C(OH)–C–C–N with tert-alkyl or cyclic N) is 2. The number of likely N-dealkylation sites (N-methyl/N-ethyl adjacent to an activating group) is 1. The van der Waals surface area contributed by atoms with E-state index in [-0.39, 0.29) is 12.1 Å². The van der Waals surface area contributed by atoms with Gasteiger partial charge in [0.1, 0.15) is 0 Å². The maximum atomic E-state index is 10.4. The molecule has 0 bridgehead atoms. The summed E-state index contributed by atoms with van der Waals surface area (Å²) in [6.45, 7) is 1.98. The van der Waals surface area contributed by atoms with Crippen molar-refractivity contribution in [2.75, 3.05) is 33.7 Å². The van der Waals surface area contributed by atoms with Gasteiger partial charge in [0.25, 0.3) is 0 Å². The second kappa shape index (κ2) is 7.01. The first-order valence-corrected chi connectivity index (χ1v) is 7.24. The van der Waals surface area contributed by atoms with Gasteiger partial charge >= 0.3 is 0 Å². The summed E-state index contributed by atoms with van der Waals surface area (Å²) in [4.78, 5) is 4.25. The normalized spacial score (nSPS) is 24.2. The Kier molecular flexibility index (Phi) is 5.32. The summed E-state index contributed by atoms with van der Waals surface area (Å²) in [5, 5.41) is 29.0. The number of aliphatic hydroxyl groups is 2. The van der Waals surface area contributed by atoms with Gasteiger partial charge in [-0.3, -0.25) is 4.90 Å². The highest BCUT2D eigenvalue weighted by molar-refractivity contribution is 5.32. The van der Waals surface area contributed by atoms with Crippen molar-refractivity contribution in [1.82, 2.24) is 9.80 Å². The molecule has 1 aromatic carbocycles. The monoisotopic (exact) mass is 289 g/mol. The van der Waals surface area contributed by atoms with Crippen molar-refractivity contribution in [2.24, 2.45) is 0 Å². The van der Waals surface area contributed by atoms with Crippen LogP contribution in [-0.4, -0.2) is 65.9 Å². The Bertz CT molecular complexity index is 495. The van der Waals surface area contributed by atoms with Crippen LogP contribution in [0.2, 0.25) is 0 Å². The highest BCUT2D eigenvalue weighted by atomic mass is 16.3. The molecule has 3 unspecified atom stereocenters. The van der Waals surface area contributed by atoms with E-state index >= 15 is 0 Å². The summed E-state index contributed by atoms with van der Waals surface area (Å²) in [5.41, 5.74) is 1.40. The minimum Gasteiger partial charge on any atom is -0.392 e. The van der Waals surface area contributed by atoms with E-state index in [1.54, 1.807) is 24.3 Å². The number of nitriles is 1. The standard InChI is InChI=1S/C16H23N3O2/c1-18(2)9-14-7-15(20)10-19(14)11-16(21)13-5-3-12(8-17)4-6-13/h3-6,14-16,20-21H,7,9-11H2,1-2H3. The van der Waals surface area contributed by atoms with Crippen molar-refractivity contribution in [3.8, 4) is 6.07 Å². The second-order valence-electron chi connectivity index (χ2n) is 6.01. The van der Waals surface area contributed by atoms with Crippen molar-refractivity contribution < 1.29 is 10.2 Å². The Labute approximate surface area is 126 Å². The Balaban J connectivity index is 1.99. The summed E-state index contributed by atoms with van der Waals surface area (Å²) < 4.78 is 0. The van der Waals surface area contributed by atoms with Gasteiger partial charge in [0.05, 0.1) is 23.8 Å². The van der Waals surface area contributed by atoms with Gasteiger partial charge in [0.2, 0.25) is 0 Å². The molecule has 5 heteroatoms. The van der Waals surface area contributed by atoms with Gasteiger partial charge in [-0.2, -0.15) is 5.26 Å². The SMILES string of the molecule is CN(C)CC1CC(O)CN1CC(O)c1ccc(C#N)cc1. The number of likely N-dealkylation sites (tertiary alicyclic amines) is 1. The summed E-state index contributed by atoms with van der Waals surface area (Å²) >= 11 is 0. The first-order valence-electron chi connectivity index (χ1n) is 7.24. The maximum Gasteiger partial charge on any atom is 0.0991 e. The lowest BCUT2D eigenvalue weighted by Gasteiger charge is -2.28. The molecule has 114 valence electrons. The van der Waals surface area contributed by atoms with Gasteiger partial charge in [-0.15, -0.1) is 0 Å². The second-order valence-corrected chi connectivity index (χ2v) is 6.01. The third-order valence-electron chi connectivity index (χ3n) is 3.91. The molecule has 0 aromatic heterocycles. The average Bonchev–Trinajstić information content (AvgIpc) is 2.77. The summed E-state index contributed by atoms with van der Waals surface area (Å²) in [6, 6.07) is 9.35. The van der Waals surface area contributed by atoms with Gasteiger partial charge in [-0.05, 0) is 38.2 Å². The first kappa shape index (κ1) is 15.9. The number of hydrogen-bond donors (Lipinski definition) is 2. The van der Waals surface area contributed by atoms with E-state index in [0.717, 1.165) is 18.5 Å². The molecule has 0 amide bonds. The molecule has 2 rings (SSSR count). The van der Waals surface area contributed by atoms with Crippen LogP contribution in [0, 0.1) is 11.3 Å². The van der Waals surface area contributed by atoms with Crippen LogP contribution in [-0.2, 0) is 0 Å². The fourth-order valence-corrected chi connectivity index (χ4v) is 2.90. The first-order chi connectivity index (χ1) is 9.99. The minimum absolute atomic E-state index is 0.267. The Morgan fingerprint density at radius 2 is 2.05 bits per heavy atom. The smallest absolute Gasteiger partial charge is 0.0991 e. The molecular weight excluding hydrogens is 266 g/mol. The molecule has 1 aromatic rings. The minimum atomic E-state index is -0.604. The fraction of sp³-hybridized carbons (Fsp3) is 0.562. The van der Waals surface area contributed by atoms with Crippen molar-refractivity contribution in [3.05, 3.63) is 35.4 Å². The quantitative estimate of drug-likeness (QED) is 0.830. The lowest BCUT2D eigenvalue weighted by atomic mass is 10.1. The van der Waals surface area contributed by atoms with Gasteiger partial charge in [-0.25, -0.2) is 0 Å². The van der Waals surface area contributed by atoms with Crippen LogP contribution < -0.4 is 0 Å². The molecule has 1 aliphatic heterocycles. The lowest BCUT2D eigenvalue weighted by molar-refractivity contribution is 0.0924.